The average molecular weight is 312 g/mol. The molecule has 0 atom stereocenters. The van der Waals surface area contributed by atoms with E-state index in [9.17, 15) is 8.42 Å². The molecule has 0 aromatic heterocycles. The summed E-state index contributed by atoms with van der Waals surface area (Å²) < 4.78 is 32.6. The molecule has 0 spiro atoms. The highest BCUT2D eigenvalue weighted by Crippen LogP contribution is 2.29. The van der Waals surface area contributed by atoms with Crippen LogP contribution in [0.4, 0.5) is 0 Å². The SMILES string of the molecule is COc1ccc(CN)cc1S(=O)(=O)N1CCCCCCC1. The molecular weight excluding hydrogens is 288 g/mol. The lowest BCUT2D eigenvalue weighted by Crippen LogP contribution is -2.34. The first-order valence-corrected chi connectivity index (χ1v) is 8.90. The third-order valence-corrected chi connectivity index (χ3v) is 5.82. The Kier molecular flexibility index (Phi) is 5.61. The number of nitrogens with zero attached hydrogens (tertiary/aromatic N) is 1. The minimum absolute atomic E-state index is 0.230. The van der Waals surface area contributed by atoms with Crippen molar-refractivity contribution >= 4 is 10.0 Å². The second kappa shape index (κ2) is 7.24. The number of benzene rings is 1. The van der Waals surface area contributed by atoms with E-state index < -0.39 is 10.0 Å². The van der Waals surface area contributed by atoms with Crippen LogP contribution in [0.1, 0.15) is 37.7 Å². The van der Waals surface area contributed by atoms with Crippen molar-refractivity contribution < 1.29 is 13.2 Å². The zero-order chi connectivity index (χ0) is 15.3. The third-order valence-electron chi connectivity index (χ3n) is 3.90. The van der Waals surface area contributed by atoms with E-state index >= 15 is 0 Å². The Balaban J connectivity index is 2.36. The average Bonchev–Trinajstić information content (AvgIpc) is 2.45. The van der Waals surface area contributed by atoms with Gasteiger partial charge in [0.25, 0.3) is 0 Å². The lowest BCUT2D eigenvalue weighted by molar-refractivity contribution is 0.358. The van der Waals surface area contributed by atoms with Gasteiger partial charge in [-0.1, -0.05) is 25.3 Å². The van der Waals surface area contributed by atoms with Crippen molar-refractivity contribution in [2.75, 3.05) is 20.2 Å². The third kappa shape index (κ3) is 3.75. The standard InChI is InChI=1S/C15H24N2O3S/c1-20-14-8-7-13(12-16)11-15(14)21(18,19)17-9-5-3-2-4-6-10-17/h7-8,11H,2-6,9-10,12,16H2,1H3. The number of hydrogen-bond donors (Lipinski definition) is 1. The summed E-state index contributed by atoms with van der Waals surface area (Å²) in [5.74, 6) is 0.384. The Morgan fingerprint density at radius 1 is 1.14 bits per heavy atom. The predicted octanol–water partition coefficient (Wildman–Crippen LogP) is 2.11. The molecule has 1 aliphatic heterocycles. The van der Waals surface area contributed by atoms with E-state index in [1.54, 1.807) is 22.5 Å². The maximum Gasteiger partial charge on any atom is 0.246 e. The van der Waals surface area contributed by atoms with E-state index in [4.69, 9.17) is 10.5 Å². The van der Waals surface area contributed by atoms with Gasteiger partial charge in [0.1, 0.15) is 10.6 Å². The van der Waals surface area contributed by atoms with Crippen molar-refractivity contribution in [3.05, 3.63) is 23.8 Å². The fraction of sp³-hybridized carbons (Fsp3) is 0.600. The molecule has 2 N–H and O–H groups in total. The maximum absolute atomic E-state index is 12.9. The summed E-state index contributed by atoms with van der Waals surface area (Å²) in [5, 5.41) is 0. The van der Waals surface area contributed by atoms with E-state index in [1.165, 1.54) is 13.5 Å². The minimum atomic E-state index is -3.52. The summed E-state index contributed by atoms with van der Waals surface area (Å²) in [6.45, 7) is 1.48. The normalized spacial score (nSPS) is 18.0. The molecule has 0 bridgehead atoms. The Morgan fingerprint density at radius 3 is 2.33 bits per heavy atom. The molecule has 1 heterocycles. The highest BCUT2D eigenvalue weighted by molar-refractivity contribution is 7.89. The lowest BCUT2D eigenvalue weighted by Gasteiger charge is -2.25. The predicted molar refractivity (Wildman–Crippen MR) is 82.7 cm³/mol. The quantitative estimate of drug-likeness (QED) is 0.924. The van der Waals surface area contributed by atoms with Crippen LogP contribution >= 0.6 is 0 Å². The molecule has 1 fully saturated rings. The summed E-state index contributed by atoms with van der Waals surface area (Å²) in [7, 11) is -2.03. The fourth-order valence-corrected chi connectivity index (χ4v) is 4.37. The number of hydrogen-bond acceptors (Lipinski definition) is 4. The molecule has 118 valence electrons. The number of sulfonamides is 1. The number of ether oxygens (including phenoxy) is 1. The summed E-state index contributed by atoms with van der Waals surface area (Å²) >= 11 is 0. The van der Waals surface area contributed by atoms with Gasteiger partial charge in [-0.05, 0) is 30.5 Å². The molecule has 0 radical (unpaired) electrons. The first-order valence-electron chi connectivity index (χ1n) is 7.46. The fourth-order valence-electron chi connectivity index (χ4n) is 2.65. The minimum Gasteiger partial charge on any atom is -0.495 e. The summed E-state index contributed by atoms with van der Waals surface area (Å²) in [5.41, 5.74) is 6.42. The molecule has 21 heavy (non-hydrogen) atoms. The highest BCUT2D eigenvalue weighted by Gasteiger charge is 2.28. The molecule has 1 saturated heterocycles. The molecule has 0 unspecified atom stereocenters. The van der Waals surface area contributed by atoms with Crippen LogP contribution in [0.25, 0.3) is 0 Å². The monoisotopic (exact) mass is 312 g/mol. The van der Waals surface area contributed by atoms with E-state index in [0.29, 0.717) is 25.4 Å². The lowest BCUT2D eigenvalue weighted by atomic mass is 10.1. The van der Waals surface area contributed by atoms with Gasteiger partial charge in [-0.3, -0.25) is 0 Å². The van der Waals surface area contributed by atoms with Crippen molar-refractivity contribution in [3.63, 3.8) is 0 Å². The summed E-state index contributed by atoms with van der Waals surface area (Å²) in [6.07, 6.45) is 5.20. The van der Waals surface area contributed by atoms with Crippen LogP contribution in [0, 0.1) is 0 Å². The van der Waals surface area contributed by atoms with Crippen molar-refractivity contribution in [2.45, 2.75) is 43.5 Å². The highest BCUT2D eigenvalue weighted by atomic mass is 32.2. The molecule has 1 aromatic rings. The van der Waals surface area contributed by atoms with Crippen LogP contribution in [-0.4, -0.2) is 32.9 Å². The molecule has 5 nitrogen and oxygen atoms in total. The van der Waals surface area contributed by atoms with E-state index in [-0.39, 0.29) is 4.90 Å². The van der Waals surface area contributed by atoms with Gasteiger partial charge in [-0.25, -0.2) is 8.42 Å². The van der Waals surface area contributed by atoms with E-state index in [0.717, 1.165) is 31.2 Å². The van der Waals surface area contributed by atoms with Crippen LogP contribution in [0.15, 0.2) is 23.1 Å². The van der Waals surface area contributed by atoms with Crippen molar-refractivity contribution in [1.82, 2.24) is 4.31 Å². The van der Waals surface area contributed by atoms with Crippen LogP contribution in [0.5, 0.6) is 5.75 Å². The van der Waals surface area contributed by atoms with Gasteiger partial charge in [-0.2, -0.15) is 4.31 Å². The molecule has 0 saturated carbocycles. The maximum atomic E-state index is 12.9. The molecule has 6 heteroatoms. The van der Waals surface area contributed by atoms with Gasteiger partial charge in [0.2, 0.25) is 10.0 Å². The summed E-state index contributed by atoms with van der Waals surface area (Å²) in [4.78, 5) is 0.230. The van der Waals surface area contributed by atoms with Gasteiger partial charge in [-0.15, -0.1) is 0 Å². The van der Waals surface area contributed by atoms with Crippen molar-refractivity contribution in [2.24, 2.45) is 5.73 Å². The largest absolute Gasteiger partial charge is 0.495 e. The molecule has 2 rings (SSSR count). The molecular formula is C15H24N2O3S. The van der Waals surface area contributed by atoms with Crippen LogP contribution in [0.2, 0.25) is 0 Å². The number of nitrogens with two attached hydrogens (primary N) is 1. The first-order chi connectivity index (χ1) is 10.1. The van der Waals surface area contributed by atoms with Gasteiger partial charge < -0.3 is 10.5 Å². The topological polar surface area (TPSA) is 72.6 Å². The Labute approximate surface area is 127 Å². The zero-order valence-corrected chi connectivity index (χ0v) is 13.4. The Bertz CT molecular complexity index is 564. The molecule has 1 aliphatic rings. The smallest absolute Gasteiger partial charge is 0.246 e. The zero-order valence-electron chi connectivity index (χ0n) is 12.5. The van der Waals surface area contributed by atoms with Gasteiger partial charge in [0.05, 0.1) is 7.11 Å². The van der Waals surface area contributed by atoms with Crippen LogP contribution in [0.3, 0.4) is 0 Å². The summed E-state index contributed by atoms with van der Waals surface area (Å²) in [6, 6.07) is 5.11. The number of methoxy groups -OCH3 is 1. The number of rotatable bonds is 4. The second-order valence-electron chi connectivity index (χ2n) is 5.36. The van der Waals surface area contributed by atoms with Crippen molar-refractivity contribution in [1.29, 1.82) is 0 Å². The Hall–Kier alpha value is -1.11. The van der Waals surface area contributed by atoms with Gasteiger partial charge in [0, 0.05) is 19.6 Å². The van der Waals surface area contributed by atoms with Gasteiger partial charge in [0.15, 0.2) is 0 Å². The van der Waals surface area contributed by atoms with Crippen LogP contribution < -0.4 is 10.5 Å². The first kappa shape index (κ1) is 16.3. The van der Waals surface area contributed by atoms with Crippen molar-refractivity contribution in [3.8, 4) is 5.75 Å². The van der Waals surface area contributed by atoms with Gasteiger partial charge >= 0.3 is 0 Å². The van der Waals surface area contributed by atoms with Crippen LogP contribution in [-0.2, 0) is 16.6 Å². The molecule has 0 amide bonds. The molecule has 0 aliphatic carbocycles. The Morgan fingerprint density at radius 2 is 1.76 bits per heavy atom. The molecule has 1 aromatic carbocycles. The van der Waals surface area contributed by atoms with E-state index in [2.05, 4.69) is 0 Å². The van der Waals surface area contributed by atoms with E-state index in [1.807, 2.05) is 0 Å². The second-order valence-corrected chi connectivity index (χ2v) is 7.27.